The van der Waals surface area contributed by atoms with Gasteiger partial charge in [-0.1, -0.05) is 40.3 Å². The minimum Gasteiger partial charge on any atom is -0.326 e. The van der Waals surface area contributed by atoms with Gasteiger partial charge in [-0.2, -0.15) is 0 Å². The molecule has 0 bridgehead atoms. The second-order valence-corrected chi connectivity index (χ2v) is 6.08. The van der Waals surface area contributed by atoms with Crippen molar-refractivity contribution in [1.82, 2.24) is 4.52 Å². The van der Waals surface area contributed by atoms with Crippen LogP contribution in [0.3, 0.4) is 0 Å². The lowest BCUT2D eigenvalue weighted by Crippen LogP contribution is -2.24. The second kappa shape index (κ2) is 5.21. The van der Waals surface area contributed by atoms with E-state index in [2.05, 4.69) is 83.6 Å². The quantitative estimate of drug-likeness (QED) is 0.741. The van der Waals surface area contributed by atoms with E-state index in [0.29, 0.717) is 6.54 Å². The Labute approximate surface area is 135 Å². The maximum absolute atomic E-state index is 6.00. The highest BCUT2D eigenvalue weighted by atomic mass is 15.3. The number of allylic oxidation sites excluding steroid dienone is 1. The molecule has 0 spiro atoms. The van der Waals surface area contributed by atoms with Crippen LogP contribution in [0, 0.1) is 20.1 Å². The van der Waals surface area contributed by atoms with E-state index in [4.69, 9.17) is 5.73 Å². The average molecular weight is 302 g/mol. The lowest BCUT2D eigenvalue weighted by Gasteiger charge is -1.95. The molecule has 0 unspecified atom stereocenters. The van der Waals surface area contributed by atoms with Gasteiger partial charge in [0.2, 0.25) is 11.9 Å². The number of aryl methyl sites for hydroxylation is 2. The lowest BCUT2D eigenvalue weighted by atomic mass is 10.1. The fourth-order valence-corrected chi connectivity index (χ4v) is 3.43. The number of fused-ring (bicyclic) bond motifs is 3. The Balaban J connectivity index is 1.89. The molecule has 3 heteroatoms. The Morgan fingerprint density at radius 3 is 2.83 bits per heavy atom. The fraction of sp³-hybridized carbons (Fsp3) is 0.150. The molecule has 1 aliphatic heterocycles. The summed E-state index contributed by atoms with van der Waals surface area (Å²) in [5.74, 6) is 0. The number of nitrogens with two attached hydrogens (primary N) is 1. The van der Waals surface area contributed by atoms with Crippen LogP contribution in [0.1, 0.15) is 33.6 Å². The van der Waals surface area contributed by atoms with Crippen LogP contribution in [-0.4, -0.2) is 4.52 Å². The highest BCUT2D eigenvalue weighted by Crippen LogP contribution is 2.24. The van der Waals surface area contributed by atoms with Crippen LogP contribution in [-0.2, 0) is 6.54 Å². The van der Waals surface area contributed by atoms with Crippen molar-refractivity contribution in [2.45, 2.75) is 20.4 Å². The van der Waals surface area contributed by atoms with Crippen molar-refractivity contribution in [3.05, 3.63) is 76.3 Å². The van der Waals surface area contributed by atoms with Crippen LogP contribution in [0.2, 0.25) is 0 Å². The van der Waals surface area contributed by atoms with Crippen molar-refractivity contribution < 1.29 is 4.36 Å². The van der Waals surface area contributed by atoms with Gasteiger partial charge in [0.15, 0.2) is 0 Å². The molecule has 0 fully saturated rings. The smallest absolute Gasteiger partial charge is 0.243 e. The number of aromatic nitrogens is 2. The molecule has 23 heavy (non-hydrogen) atoms. The Bertz CT molecular complexity index is 1020. The van der Waals surface area contributed by atoms with E-state index in [9.17, 15) is 0 Å². The van der Waals surface area contributed by atoms with Crippen molar-refractivity contribution in [1.29, 1.82) is 0 Å². The molecule has 2 aromatic heterocycles. The molecule has 0 saturated carbocycles. The van der Waals surface area contributed by atoms with E-state index < -0.39 is 0 Å². The number of rotatable bonds is 3. The predicted octanol–water partition coefficient (Wildman–Crippen LogP) is 3.23. The van der Waals surface area contributed by atoms with Crippen LogP contribution < -0.4 is 10.1 Å². The van der Waals surface area contributed by atoms with Crippen LogP contribution in [0.4, 0.5) is 0 Å². The van der Waals surface area contributed by atoms with E-state index in [-0.39, 0.29) is 0 Å². The molecule has 0 radical (unpaired) electrons. The largest absolute Gasteiger partial charge is 0.326 e. The van der Waals surface area contributed by atoms with Crippen molar-refractivity contribution in [3.63, 3.8) is 0 Å². The van der Waals surface area contributed by atoms with Gasteiger partial charge in [-0.3, -0.25) is 0 Å². The summed E-state index contributed by atoms with van der Waals surface area (Å²) in [6, 6.07) is 10.7. The number of hydrogen-bond acceptors (Lipinski definition) is 1. The SMILES string of the molecule is Cc1cccc(/C=C/c2cc(C)c3c(CN)c4[n+](n23)=CC=C4)c1. The summed E-state index contributed by atoms with van der Waals surface area (Å²) < 4.78 is 4.43. The van der Waals surface area contributed by atoms with E-state index in [1.54, 1.807) is 0 Å². The van der Waals surface area contributed by atoms with Gasteiger partial charge in [-0.05, 0) is 37.1 Å². The summed E-state index contributed by atoms with van der Waals surface area (Å²) in [5.41, 5.74) is 14.5. The van der Waals surface area contributed by atoms with Crippen LogP contribution in [0.15, 0.2) is 36.4 Å². The van der Waals surface area contributed by atoms with E-state index in [1.165, 1.54) is 39.2 Å². The number of hydrogen-bond donors (Lipinski definition) is 1. The normalized spacial score (nSPS) is 13.2. The fourth-order valence-electron chi connectivity index (χ4n) is 3.43. The zero-order valence-corrected chi connectivity index (χ0v) is 13.5. The molecule has 3 aromatic rings. The average Bonchev–Trinajstić information content (AvgIpc) is 3.18. The standard InChI is InChI=1S/C20H20N3/c1-14-5-3-6-16(11-14)8-9-17-12-15(2)20-18(13-21)19-7-4-10-22(19)23(17)20/h3-12H,13,21H2,1-2H3/q+1/b9-8+. The van der Waals surface area contributed by atoms with Gasteiger partial charge in [-0.15, -0.1) is 4.52 Å². The molecule has 3 nitrogen and oxygen atoms in total. The molecule has 114 valence electrons. The van der Waals surface area contributed by atoms with Gasteiger partial charge in [0.1, 0.15) is 11.2 Å². The van der Waals surface area contributed by atoms with E-state index >= 15 is 0 Å². The number of benzene rings is 1. The van der Waals surface area contributed by atoms with Gasteiger partial charge >= 0.3 is 0 Å². The van der Waals surface area contributed by atoms with Gasteiger partial charge < -0.3 is 5.73 Å². The van der Waals surface area contributed by atoms with Crippen molar-refractivity contribution in [2.75, 3.05) is 0 Å². The van der Waals surface area contributed by atoms with Crippen molar-refractivity contribution in [3.8, 4) is 0 Å². The number of nitrogens with zero attached hydrogens (tertiary/aromatic N) is 2. The molecule has 3 heterocycles. The first-order valence-electron chi connectivity index (χ1n) is 7.91. The topological polar surface area (TPSA) is 36.3 Å². The summed E-state index contributed by atoms with van der Waals surface area (Å²) in [4.78, 5) is 0. The Morgan fingerprint density at radius 2 is 2.04 bits per heavy atom. The Kier molecular flexibility index (Phi) is 3.17. The molecular formula is C20H20N3+. The highest BCUT2D eigenvalue weighted by Gasteiger charge is 2.25. The van der Waals surface area contributed by atoms with Crippen molar-refractivity contribution in [2.24, 2.45) is 5.73 Å². The second-order valence-electron chi connectivity index (χ2n) is 6.08. The van der Waals surface area contributed by atoms with Gasteiger partial charge in [0, 0.05) is 18.7 Å². The van der Waals surface area contributed by atoms with E-state index in [0.717, 1.165) is 0 Å². The van der Waals surface area contributed by atoms with Crippen LogP contribution in [0.5, 0.6) is 0 Å². The molecule has 0 atom stereocenters. The first-order valence-corrected chi connectivity index (χ1v) is 7.91. The summed E-state index contributed by atoms with van der Waals surface area (Å²) in [5, 5.41) is 0. The summed E-state index contributed by atoms with van der Waals surface area (Å²) in [6.45, 7) is 4.82. The maximum Gasteiger partial charge on any atom is 0.243 e. The summed E-state index contributed by atoms with van der Waals surface area (Å²) in [7, 11) is 0. The van der Waals surface area contributed by atoms with Gasteiger partial charge in [0.25, 0.3) is 0 Å². The minimum atomic E-state index is 0.551. The predicted molar refractivity (Wildman–Crippen MR) is 94.7 cm³/mol. The van der Waals surface area contributed by atoms with Crippen LogP contribution in [0.25, 0.3) is 23.7 Å². The zero-order valence-electron chi connectivity index (χ0n) is 13.5. The molecule has 0 aliphatic carbocycles. The third-order valence-electron chi connectivity index (χ3n) is 4.43. The van der Waals surface area contributed by atoms with E-state index in [1.807, 2.05) is 0 Å². The van der Waals surface area contributed by atoms with Gasteiger partial charge in [0.05, 0.1) is 5.56 Å². The Morgan fingerprint density at radius 1 is 1.17 bits per heavy atom. The molecule has 2 N–H and O–H groups in total. The summed E-state index contributed by atoms with van der Waals surface area (Å²) in [6.07, 6.45) is 10.6. The lowest BCUT2D eigenvalue weighted by molar-refractivity contribution is -0.583. The van der Waals surface area contributed by atoms with Crippen LogP contribution >= 0.6 is 0 Å². The summed E-state index contributed by atoms with van der Waals surface area (Å²) >= 11 is 0. The molecule has 0 amide bonds. The molecule has 0 saturated heterocycles. The van der Waals surface area contributed by atoms with Crippen molar-refractivity contribution >= 4 is 23.7 Å². The zero-order chi connectivity index (χ0) is 16.0. The molecule has 1 aliphatic rings. The maximum atomic E-state index is 6.00. The monoisotopic (exact) mass is 302 g/mol. The van der Waals surface area contributed by atoms with Gasteiger partial charge in [-0.25, -0.2) is 0 Å². The third kappa shape index (κ3) is 2.13. The highest BCUT2D eigenvalue weighted by molar-refractivity contribution is 5.75. The molecule has 4 rings (SSSR count). The first kappa shape index (κ1) is 14.0. The molecular weight excluding hydrogens is 282 g/mol. The Hall–Kier alpha value is -2.65. The first-order chi connectivity index (χ1) is 11.2. The molecule has 1 aromatic carbocycles. The minimum absolute atomic E-state index is 0.551. The third-order valence-corrected chi connectivity index (χ3v) is 4.43.